The van der Waals surface area contributed by atoms with Gasteiger partial charge < -0.3 is 29.6 Å². The van der Waals surface area contributed by atoms with Crippen LogP contribution >= 0.6 is 0 Å². The van der Waals surface area contributed by atoms with Crippen molar-refractivity contribution in [3.05, 3.63) is 0 Å². The van der Waals surface area contributed by atoms with E-state index in [1.165, 1.54) is 109 Å². The lowest BCUT2D eigenvalue weighted by Gasteiger charge is -2.22. The molecule has 0 aliphatic rings. The number of carbonyl (C=O) groups is 2. The number of nitrogens with zero attached hydrogens (tertiary/aromatic N) is 1. The summed E-state index contributed by atoms with van der Waals surface area (Å²) in [5, 5.41) is 0. The fourth-order valence-corrected chi connectivity index (χ4v) is 5.95. The highest BCUT2D eigenvalue weighted by molar-refractivity contribution is 5.69. The summed E-state index contributed by atoms with van der Waals surface area (Å²) in [7, 11) is 0. The Bertz CT molecular complexity index is 595. The average Bonchev–Trinajstić information content (AvgIpc) is 3.04. The van der Waals surface area contributed by atoms with Crippen LogP contribution in [0.1, 0.15) is 168 Å². The normalized spacial score (nSPS) is 11.6. The Morgan fingerprint density at radius 1 is 0.600 bits per heavy atom. The Kier molecular flexibility index (Phi) is 36.6. The van der Waals surface area contributed by atoms with Gasteiger partial charge in [0.25, 0.3) is 0 Å². The molecule has 0 atom stereocenters. The van der Waals surface area contributed by atoms with Gasteiger partial charge in [-0.2, -0.15) is 0 Å². The molecule has 0 aromatic rings. The average molecular weight is 641 g/mol. The number of unbranched alkanes of at least 4 members (excludes halogenated alkanes) is 15. The molecular weight excluding hydrogens is 564 g/mol. The molecule has 45 heavy (non-hydrogen) atoms. The number of aldehydes is 1. The summed E-state index contributed by atoms with van der Waals surface area (Å²) < 4.78 is 16.8. The van der Waals surface area contributed by atoms with Crippen molar-refractivity contribution in [3.63, 3.8) is 0 Å². The van der Waals surface area contributed by atoms with Crippen LogP contribution in [-0.4, -0.2) is 76.4 Å². The van der Waals surface area contributed by atoms with E-state index < -0.39 is 0 Å². The van der Waals surface area contributed by atoms with Crippen LogP contribution in [0.15, 0.2) is 0 Å². The first kappa shape index (κ1) is 44.0. The minimum absolute atomic E-state index is 0.0109. The second-order valence-electron chi connectivity index (χ2n) is 13.0. The standard InChI is InChI=1S/C38H76N2O5/c1-3-5-7-16-23-37(24-17-8-6-4-2)25-22-32-45-38(42)26-18-12-11-14-20-29-40(28-19-13-9-10-15-21-31-41)30-34-44-36-35-43-33-27-39/h31,37H,3-30,32-36,39H2,1-2H3. The van der Waals surface area contributed by atoms with Crippen LogP contribution in [-0.2, 0) is 23.8 Å². The zero-order chi connectivity index (χ0) is 32.9. The maximum atomic E-state index is 12.3. The van der Waals surface area contributed by atoms with E-state index in [0.717, 1.165) is 70.5 Å². The lowest BCUT2D eigenvalue weighted by Crippen LogP contribution is -2.30. The fourth-order valence-electron chi connectivity index (χ4n) is 5.95. The molecule has 0 saturated heterocycles. The summed E-state index contributed by atoms with van der Waals surface area (Å²) in [5.74, 6) is 0.796. The topological polar surface area (TPSA) is 91.1 Å². The molecular formula is C38H76N2O5. The molecule has 0 fully saturated rings. The number of hydrogen-bond donors (Lipinski definition) is 1. The molecule has 0 aliphatic heterocycles. The lowest BCUT2D eigenvalue weighted by atomic mass is 9.91. The number of hydrogen-bond acceptors (Lipinski definition) is 7. The second-order valence-corrected chi connectivity index (χ2v) is 13.0. The third-order valence-electron chi connectivity index (χ3n) is 8.79. The summed E-state index contributed by atoms with van der Waals surface area (Å²) in [4.78, 5) is 25.3. The number of ether oxygens (including phenoxy) is 3. The summed E-state index contributed by atoms with van der Waals surface area (Å²) in [5.41, 5.74) is 5.46. The Morgan fingerprint density at radius 3 is 1.73 bits per heavy atom. The van der Waals surface area contributed by atoms with Crippen molar-refractivity contribution in [3.8, 4) is 0 Å². The Hall–Kier alpha value is -1.02. The van der Waals surface area contributed by atoms with Crippen LogP contribution < -0.4 is 5.73 Å². The molecule has 0 spiro atoms. The van der Waals surface area contributed by atoms with Crippen LogP contribution in [0.2, 0.25) is 0 Å². The molecule has 7 heteroatoms. The third kappa shape index (κ3) is 34.1. The number of carbonyl (C=O) groups excluding carboxylic acids is 2. The van der Waals surface area contributed by atoms with E-state index in [-0.39, 0.29) is 5.97 Å². The van der Waals surface area contributed by atoms with Gasteiger partial charge in [-0.25, -0.2) is 0 Å². The zero-order valence-electron chi connectivity index (χ0n) is 30.1. The van der Waals surface area contributed by atoms with Crippen LogP contribution in [0.25, 0.3) is 0 Å². The molecule has 7 nitrogen and oxygen atoms in total. The van der Waals surface area contributed by atoms with Crippen molar-refractivity contribution >= 4 is 12.3 Å². The molecule has 0 radical (unpaired) electrons. The number of rotatable bonds is 38. The molecule has 268 valence electrons. The molecule has 0 heterocycles. The molecule has 0 aromatic heterocycles. The van der Waals surface area contributed by atoms with Crippen molar-refractivity contribution in [2.45, 2.75) is 168 Å². The van der Waals surface area contributed by atoms with Crippen LogP contribution in [0.4, 0.5) is 0 Å². The van der Waals surface area contributed by atoms with Gasteiger partial charge in [0.15, 0.2) is 0 Å². The van der Waals surface area contributed by atoms with Gasteiger partial charge >= 0.3 is 5.97 Å². The van der Waals surface area contributed by atoms with E-state index in [1.54, 1.807) is 0 Å². The predicted molar refractivity (Wildman–Crippen MR) is 190 cm³/mol. The summed E-state index contributed by atoms with van der Waals surface area (Å²) in [6, 6.07) is 0. The van der Waals surface area contributed by atoms with Gasteiger partial charge in [0.1, 0.15) is 6.29 Å². The minimum Gasteiger partial charge on any atom is -0.466 e. The zero-order valence-corrected chi connectivity index (χ0v) is 30.1. The van der Waals surface area contributed by atoms with Gasteiger partial charge in [-0.05, 0) is 57.5 Å². The van der Waals surface area contributed by atoms with Gasteiger partial charge in [0.2, 0.25) is 0 Å². The van der Waals surface area contributed by atoms with E-state index >= 15 is 0 Å². The van der Waals surface area contributed by atoms with E-state index in [2.05, 4.69) is 18.7 Å². The molecule has 0 aromatic carbocycles. The second kappa shape index (κ2) is 37.4. The van der Waals surface area contributed by atoms with Gasteiger partial charge in [-0.1, -0.05) is 117 Å². The highest BCUT2D eigenvalue weighted by atomic mass is 16.5. The molecule has 0 amide bonds. The SMILES string of the molecule is CCCCCCC(CCCCCC)CCCOC(=O)CCCCCCCN(CCCCCCCC=O)CCOCCOCCN. The van der Waals surface area contributed by atoms with Gasteiger partial charge in [-0.15, -0.1) is 0 Å². The predicted octanol–water partition coefficient (Wildman–Crippen LogP) is 9.04. The Labute approximate surface area is 279 Å². The first-order valence-electron chi connectivity index (χ1n) is 19.3. The maximum Gasteiger partial charge on any atom is 0.305 e. The van der Waals surface area contributed by atoms with Gasteiger partial charge in [0.05, 0.1) is 33.0 Å². The Balaban J connectivity index is 4.05. The van der Waals surface area contributed by atoms with Crippen molar-refractivity contribution < 1.29 is 23.8 Å². The summed E-state index contributed by atoms with van der Waals surface area (Å²) >= 11 is 0. The third-order valence-corrected chi connectivity index (χ3v) is 8.79. The summed E-state index contributed by atoms with van der Waals surface area (Å²) in [6.07, 6.45) is 29.3. The van der Waals surface area contributed by atoms with E-state index in [1.807, 2.05) is 0 Å². The van der Waals surface area contributed by atoms with Crippen LogP contribution in [0.5, 0.6) is 0 Å². The first-order valence-corrected chi connectivity index (χ1v) is 19.3. The van der Waals surface area contributed by atoms with Crippen LogP contribution in [0.3, 0.4) is 0 Å². The molecule has 0 rings (SSSR count). The fraction of sp³-hybridized carbons (Fsp3) is 0.947. The largest absolute Gasteiger partial charge is 0.466 e. The van der Waals surface area contributed by atoms with E-state index in [9.17, 15) is 9.59 Å². The smallest absolute Gasteiger partial charge is 0.305 e. The van der Waals surface area contributed by atoms with Crippen molar-refractivity contribution in [2.75, 3.05) is 59.2 Å². The monoisotopic (exact) mass is 641 g/mol. The molecule has 0 aliphatic carbocycles. The van der Waals surface area contributed by atoms with Crippen molar-refractivity contribution in [1.82, 2.24) is 4.90 Å². The summed E-state index contributed by atoms with van der Waals surface area (Å²) in [6.45, 7) is 11.4. The molecule has 0 unspecified atom stereocenters. The van der Waals surface area contributed by atoms with Crippen LogP contribution in [0, 0.1) is 5.92 Å². The van der Waals surface area contributed by atoms with Gasteiger partial charge in [-0.3, -0.25) is 4.79 Å². The highest BCUT2D eigenvalue weighted by Gasteiger charge is 2.10. The molecule has 0 saturated carbocycles. The van der Waals surface area contributed by atoms with Crippen molar-refractivity contribution in [2.24, 2.45) is 11.7 Å². The molecule has 0 bridgehead atoms. The minimum atomic E-state index is -0.0109. The Morgan fingerprint density at radius 2 is 1.13 bits per heavy atom. The number of nitrogens with two attached hydrogens (primary N) is 1. The van der Waals surface area contributed by atoms with Gasteiger partial charge in [0, 0.05) is 25.9 Å². The maximum absolute atomic E-state index is 12.3. The molecule has 2 N–H and O–H groups in total. The highest BCUT2D eigenvalue weighted by Crippen LogP contribution is 2.23. The van der Waals surface area contributed by atoms with E-state index in [0.29, 0.717) is 45.8 Å². The van der Waals surface area contributed by atoms with E-state index in [4.69, 9.17) is 19.9 Å². The lowest BCUT2D eigenvalue weighted by molar-refractivity contribution is -0.144. The quantitative estimate of drug-likeness (QED) is 0.0409. The number of esters is 1. The first-order chi connectivity index (χ1) is 22.2. The van der Waals surface area contributed by atoms with Crippen molar-refractivity contribution in [1.29, 1.82) is 0 Å².